The smallest absolute Gasteiger partial charge is 0.308 e. The maximum absolute atomic E-state index is 12.5. The molecule has 1 saturated heterocycles. The number of aliphatic carboxylic acids is 1. The van der Waals surface area contributed by atoms with Crippen LogP contribution in [0.4, 0.5) is 0 Å². The summed E-state index contributed by atoms with van der Waals surface area (Å²) in [6.07, 6.45) is 1.35. The van der Waals surface area contributed by atoms with Crippen LogP contribution in [0.5, 0.6) is 0 Å². The molecule has 0 spiro atoms. The van der Waals surface area contributed by atoms with Gasteiger partial charge < -0.3 is 10.0 Å². The summed E-state index contributed by atoms with van der Waals surface area (Å²) in [5.74, 6) is -1.18. The van der Waals surface area contributed by atoms with Crippen molar-refractivity contribution in [2.45, 2.75) is 31.7 Å². The number of carboxylic acids is 1. The zero-order valence-corrected chi connectivity index (χ0v) is 10.9. The van der Waals surface area contributed by atoms with E-state index in [0.29, 0.717) is 13.0 Å². The van der Waals surface area contributed by atoms with Gasteiger partial charge in [-0.3, -0.25) is 9.59 Å². The van der Waals surface area contributed by atoms with Gasteiger partial charge in [0.05, 0.1) is 11.8 Å². The number of benzene rings is 1. The molecule has 4 heteroatoms. The highest BCUT2D eigenvalue weighted by Gasteiger charge is 2.42. The molecule has 1 aliphatic heterocycles. The molecule has 1 aromatic carbocycles. The van der Waals surface area contributed by atoms with E-state index in [-0.39, 0.29) is 17.9 Å². The van der Waals surface area contributed by atoms with E-state index >= 15 is 0 Å². The van der Waals surface area contributed by atoms with Crippen LogP contribution >= 0.6 is 0 Å². The molecule has 0 bridgehead atoms. The largest absolute Gasteiger partial charge is 0.481 e. The van der Waals surface area contributed by atoms with Crippen molar-refractivity contribution in [1.82, 2.24) is 4.90 Å². The van der Waals surface area contributed by atoms with Gasteiger partial charge in [-0.25, -0.2) is 0 Å². The highest BCUT2D eigenvalue weighted by atomic mass is 16.4. The van der Waals surface area contributed by atoms with Crippen molar-refractivity contribution in [3.63, 3.8) is 0 Å². The third kappa shape index (κ3) is 1.82. The molecule has 1 aromatic rings. The summed E-state index contributed by atoms with van der Waals surface area (Å²) in [7, 11) is 0. The first-order valence-electron chi connectivity index (χ1n) is 6.70. The Bertz CT molecular complexity index is 540. The second kappa shape index (κ2) is 4.37. The van der Waals surface area contributed by atoms with Crippen molar-refractivity contribution >= 4 is 11.9 Å². The number of carboxylic acid groups (broad SMARTS) is 1. The quantitative estimate of drug-likeness (QED) is 0.878. The molecule has 3 rings (SSSR count). The first-order valence-corrected chi connectivity index (χ1v) is 6.70. The fourth-order valence-corrected chi connectivity index (χ4v) is 3.26. The third-order valence-electron chi connectivity index (χ3n) is 4.51. The summed E-state index contributed by atoms with van der Waals surface area (Å²) in [6, 6.07) is 7.78. The maximum atomic E-state index is 12.5. The van der Waals surface area contributed by atoms with Gasteiger partial charge in [-0.05, 0) is 30.9 Å². The standard InChI is InChI=1S/C15H17NO3/c1-9-11(15(18)19)6-7-16(9)14(17)13-8-10-4-2-3-5-12(10)13/h2-5,9,11,13H,6-8H2,1H3,(H,18,19). The van der Waals surface area contributed by atoms with E-state index in [9.17, 15) is 9.59 Å². The minimum absolute atomic E-state index is 0.0637. The molecule has 3 unspecified atom stereocenters. The van der Waals surface area contributed by atoms with Gasteiger partial charge in [0.25, 0.3) is 0 Å². The molecule has 0 radical (unpaired) electrons. The molecule has 19 heavy (non-hydrogen) atoms. The van der Waals surface area contributed by atoms with Gasteiger partial charge in [-0.1, -0.05) is 24.3 Å². The minimum Gasteiger partial charge on any atom is -0.481 e. The Morgan fingerprint density at radius 1 is 1.32 bits per heavy atom. The first kappa shape index (κ1) is 12.2. The van der Waals surface area contributed by atoms with Crippen LogP contribution in [0.15, 0.2) is 24.3 Å². The zero-order valence-electron chi connectivity index (χ0n) is 10.9. The topological polar surface area (TPSA) is 57.6 Å². The van der Waals surface area contributed by atoms with E-state index < -0.39 is 11.9 Å². The van der Waals surface area contributed by atoms with Crippen molar-refractivity contribution in [1.29, 1.82) is 0 Å². The summed E-state index contributed by atoms with van der Waals surface area (Å²) >= 11 is 0. The normalized spacial score (nSPS) is 28.7. The Kier molecular flexibility index (Phi) is 2.81. The average molecular weight is 259 g/mol. The number of rotatable bonds is 2. The monoisotopic (exact) mass is 259 g/mol. The molecule has 2 aliphatic rings. The number of likely N-dealkylation sites (tertiary alicyclic amines) is 1. The second-order valence-corrected chi connectivity index (χ2v) is 5.46. The molecule has 1 amide bonds. The molecule has 1 heterocycles. The minimum atomic E-state index is -0.795. The Morgan fingerprint density at radius 3 is 2.68 bits per heavy atom. The van der Waals surface area contributed by atoms with Gasteiger partial charge >= 0.3 is 5.97 Å². The molecule has 0 aromatic heterocycles. The number of carbonyl (C=O) groups excluding carboxylic acids is 1. The van der Waals surface area contributed by atoms with Crippen molar-refractivity contribution in [2.24, 2.45) is 5.92 Å². The van der Waals surface area contributed by atoms with Crippen LogP contribution in [0.1, 0.15) is 30.4 Å². The fourth-order valence-electron chi connectivity index (χ4n) is 3.26. The maximum Gasteiger partial charge on any atom is 0.308 e. The molecular formula is C15H17NO3. The van der Waals surface area contributed by atoms with E-state index in [4.69, 9.17) is 5.11 Å². The molecular weight excluding hydrogens is 242 g/mol. The number of hydrogen-bond donors (Lipinski definition) is 1. The van der Waals surface area contributed by atoms with E-state index in [2.05, 4.69) is 0 Å². The first-order chi connectivity index (χ1) is 9.09. The second-order valence-electron chi connectivity index (χ2n) is 5.46. The Balaban J connectivity index is 1.75. The van der Waals surface area contributed by atoms with Crippen molar-refractivity contribution in [2.75, 3.05) is 6.54 Å². The van der Waals surface area contributed by atoms with Gasteiger partial charge in [0, 0.05) is 12.6 Å². The fraction of sp³-hybridized carbons (Fsp3) is 0.467. The average Bonchev–Trinajstić information content (AvgIpc) is 2.72. The lowest BCUT2D eigenvalue weighted by molar-refractivity contribution is -0.143. The van der Waals surface area contributed by atoms with E-state index in [1.54, 1.807) is 4.90 Å². The lowest BCUT2D eigenvalue weighted by Crippen LogP contribution is -2.43. The zero-order chi connectivity index (χ0) is 13.6. The van der Waals surface area contributed by atoms with Crippen LogP contribution in [0.25, 0.3) is 0 Å². The van der Waals surface area contributed by atoms with Crippen LogP contribution in [0.3, 0.4) is 0 Å². The lowest BCUT2D eigenvalue weighted by Gasteiger charge is -2.34. The molecule has 1 fully saturated rings. The number of nitrogens with zero attached hydrogens (tertiary/aromatic N) is 1. The molecule has 100 valence electrons. The summed E-state index contributed by atoms with van der Waals surface area (Å²) in [5, 5.41) is 9.11. The summed E-state index contributed by atoms with van der Waals surface area (Å²) in [5.41, 5.74) is 2.35. The number of fused-ring (bicyclic) bond motifs is 1. The number of carbonyl (C=O) groups is 2. The molecule has 1 aliphatic carbocycles. The van der Waals surface area contributed by atoms with Gasteiger partial charge in [0.2, 0.25) is 5.91 Å². The molecule has 1 N–H and O–H groups in total. The van der Waals surface area contributed by atoms with Crippen LogP contribution in [0, 0.1) is 5.92 Å². The SMILES string of the molecule is CC1C(C(=O)O)CCN1C(=O)C1Cc2ccccc21. The van der Waals surface area contributed by atoms with Gasteiger partial charge in [0.1, 0.15) is 0 Å². The third-order valence-corrected chi connectivity index (χ3v) is 4.51. The van der Waals surface area contributed by atoms with Crippen LogP contribution in [-0.4, -0.2) is 34.5 Å². The van der Waals surface area contributed by atoms with E-state index in [0.717, 1.165) is 12.0 Å². The molecule has 3 atom stereocenters. The summed E-state index contributed by atoms with van der Waals surface area (Å²) in [4.78, 5) is 25.3. The Morgan fingerprint density at radius 2 is 2.05 bits per heavy atom. The van der Waals surface area contributed by atoms with E-state index in [1.807, 2.05) is 31.2 Å². The van der Waals surface area contributed by atoms with Crippen LogP contribution in [-0.2, 0) is 16.0 Å². The van der Waals surface area contributed by atoms with Crippen molar-refractivity contribution in [3.8, 4) is 0 Å². The molecule has 0 saturated carbocycles. The highest BCUT2D eigenvalue weighted by Crippen LogP contribution is 2.38. The summed E-state index contributed by atoms with van der Waals surface area (Å²) in [6.45, 7) is 2.41. The van der Waals surface area contributed by atoms with Crippen molar-refractivity contribution in [3.05, 3.63) is 35.4 Å². The van der Waals surface area contributed by atoms with Gasteiger partial charge in [-0.15, -0.1) is 0 Å². The lowest BCUT2D eigenvalue weighted by atomic mass is 9.76. The van der Waals surface area contributed by atoms with Gasteiger partial charge in [-0.2, -0.15) is 0 Å². The van der Waals surface area contributed by atoms with Crippen LogP contribution in [0.2, 0.25) is 0 Å². The van der Waals surface area contributed by atoms with Crippen molar-refractivity contribution < 1.29 is 14.7 Å². The predicted octanol–water partition coefficient (Wildman–Crippen LogP) is 1.65. The molecule has 4 nitrogen and oxygen atoms in total. The van der Waals surface area contributed by atoms with E-state index in [1.165, 1.54) is 5.56 Å². The Hall–Kier alpha value is -1.84. The number of amides is 1. The predicted molar refractivity (Wildman–Crippen MR) is 69.8 cm³/mol. The Labute approximate surface area is 112 Å². The van der Waals surface area contributed by atoms with Crippen LogP contribution < -0.4 is 0 Å². The van der Waals surface area contributed by atoms with Gasteiger partial charge in [0.15, 0.2) is 0 Å². The highest BCUT2D eigenvalue weighted by molar-refractivity contribution is 5.88. The number of hydrogen-bond acceptors (Lipinski definition) is 2. The summed E-state index contributed by atoms with van der Waals surface area (Å²) < 4.78 is 0.